The van der Waals surface area contributed by atoms with Crippen LogP contribution >= 0.6 is 0 Å². The summed E-state index contributed by atoms with van der Waals surface area (Å²) >= 11 is 0. The first kappa shape index (κ1) is 16.4. The standard InChI is InChI=1S/C14H17N3O4S/c15-8-7-14(18)17-11-3-5-13(6-4-11)22(19,20)16-10-12-2-1-9-21-12/h3-6,12,16H,1-2,7,9-10H2,(H,17,18). The van der Waals surface area contributed by atoms with E-state index < -0.39 is 15.9 Å². The lowest BCUT2D eigenvalue weighted by Crippen LogP contribution is -2.31. The lowest BCUT2D eigenvalue weighted by Gasteiger charge is -2.11. The van der Waals surface area contributed by atoms with Crippen molar-refractivity contribution in [3.63, 3.8) is 0 Å². The van der Waals surface area contributed by atoms with Crippen LogP contribution < -0.4 is 10.0 Å². The molecule has 1 aliphatic rings. The number of carbonyl (C=O) groups excluding carboxylic acids is 1. The van der Waals surface area contributed by atoms with Crippen molar-refractivity contribution in [3.05, 3.63) is 24.3 Å². The minimum atomic E-state index is -3.60. The third-order valence-corrected chi connectivity index (χ3v) is 4.65. The molecule has 1 amide bonds. The van der Waals surface area contributed by atoms with Crippen LogP contribution in [-0.4, -0.2) is 33.6 Å². The van der Waals surface area contributed by atoms with E-state index in [1.807, 2.05) is 0 Å². The molecule has 0 radical (unpaired) electrons. The molecule has 1 aromatic carbocycles. The summed E-state index contributed by atoms with van der Waals surface area (Å²) in [6.07, 6.45) is 1.48. The lowest BCUT2D eigenvalue weighted by molar-refractivity contribution is -0.115. The molecule has 2 N–H and O–H groups in total. The van der Waals surface area contributed by atoms with E-state index >= 15 is 0 Å². The van der Waals surface area contributed by atoms with Crippen LogP contribution in [0.25, 0.3) is 0 Å². The Hall–Kier alpha value is -1.95. The zero-order valence-corrected chi connectivity index (χ0v) is 12.7. The van der Waals surface area contributed by atoms with Crippen LogP contribution in [0.15, 0.2) is 29.2 Å². The molecule has 0 spiro atoms. The van der Waals surface area contributed by atoms with Crippen LogP contribution in [0.4, 0.5) is 5.69 Å². The van der Waals surface area contributed by atoms with Crippen LogP contribution in [0.2, 0.25) is 0 Å². The van der Waals surface area contributed by atoms with Crippen molar-refractivity contribution in [2.75, 3.05) is 18.5 Å². The van der Waals surface area contributed by atoms with Gasteiger partial charge in [-0.2, -0.15) is 5.26 Å². The van der Waals surface area contributed by atoms with Crippen molar-refractivity contribution < 1.29 is 17.9 Å². The Kier molecular flexibility index (Phi) is 5.49. The van der Waals surface area contributed by atoms with E-state index in [1.165, 1.54) is 24.3 Å². The molecule has 0 saturated carbocycles. The molecule has 1 fully saturated rings. The van der Waals surface area contributed by atoms with Crippen LogP contribution in [0, 0.1) is 11.3 Å². The van der Waals surface area contributed by atoms with Crippen molar-refractivity contribution in [2.45, 2.75) is 30.3 Å². The van der Waals surface area contributed by atoms with Crippen molar-refractivity contribution in [3.8, 4) is 6.07 Å². The van der Waals surface area contributed by atoms with Crippen molar-refractivity contribution in [2.24, 2.45) is 0 Å². The van der Waals surface area contributed by atoms with E-state index in [0.29, 0.717) is 12.3 Å². The number of hydrogen-bond acceptors (Lipinski definition) is 5. The number of sulfonamides is 1. The second-order valence-electron chi connectivity index (χ2n) is 4.89. The maximum absolute atomic E-state index is 12.1. The number of ether oxygens (including phenoxy) is 1. The predicted octanol–water partition coefficient (Wildman–Crippen LogP) is 0.996. The number of anilines is 1. The van der Waals surface area contributed by atoms with Gasteiger partial charge in [-0.3, -0.25) is 4.79 Å². The fourth-order valence-electron chi connectivity index (χ4n) is 2.09. The van der Waals surface area contributed by atoms with Crippen molar-refractivity contribution in [1.82, 2.24) is 4.72 Å². The van der Waals surface area contributed by atoms with Crippen LogP contribution in [0.5, 0.6) is 0 Å². The molecule has 1 atom stereocenters. The Labute approximate surface area is 129 Å². The molecule has 1 aliphatic heterocycles. The van der Waals surface area contributed by atoms with Gasteiger partial charge in [-0.1, -0.05) is 0 Å². The van der Waals surface area contributed by atoms with Gasteiger partial charge in [0.15, 0.2) is 0 Å². The molecule has 118 valence electrons. The van der Waals surface area contributed by atoms with Crippen LogP contribution in [0.1, 0.15) is 19.3 Å². The first-order chi connectivity index (χ1) is 10.5. The molecule has 2 rings (SSSR count). The molecule has 0 aliphatic carbocycles. The largest absolute Gasteiger partial charge is 0.377 e. The highest BCUT2D eigenvalue weighted by atomic mass is 32.2. The van der Waals surface area contributed by atoms with Gasteiger partial charge in [-0.15, -0.1) is 0 Å². The molecule has 0 aromatic heterocycles. The molecular formula is C14H17N3O4S. The number of rotatable bonds is 6. The number of nitrogens with zero attached hydrogens (tertiary/aromatic N) is 1. The van der Waals surface area contributed by atoms with E-state index in [0.717, 1.165) is 12.8 Å². The number of nitrogens with one attached hydrogen (secondary N) is 2. The molecular weight excluding hydrogens is 306 g/mol. The average Bonchev–Trinajstić information content (AvgIpc) is 2.99. The summed E-state index contributed by atoms with van der Waals surface area (Å²) in [6, 6.07) is 7.51. The number of nitriles is 1. The third kappa shape index (κ3) is 4.53. The maximum atomic E-state index is 12.1. The van der Waals surface area contributed by atoms with E-state index in [9.17, 15) is 13.2 Å². The summed E-state index contributed by atoms with van der Waals surface area (Å²) in [5.41, 5.74) is 0.443. The Bertz CT molecular complexity index is 658. The zero-order chi connectivity index (χ0) is 16.0. The normalized spacial score (nSPS) is 17.9. The van der Waals surface area contributed by atoms with Crippen molar-refractivity contribution in [1.29, 1.82) is 5.26 Å². The van der Waals surface area contributed by atoms with Crippen LogP contribution in [0.3, 0.4) is 0 Å². The summed E-state index contributed by atoms with van der Waals surface area (Å²) < 4.78 is 32.1. The number of amides is 1. The summed E-state index contributed by atoms with van der Waals surface area (Å²) in [5, 5.41) is 10.9. The minimum absolute atomic E-state index is 0.0701. The Morgan fingerprint density at radius 3 is 2.68 bits per heavy atom. The quantitative estimate of drug-likeness (QED) is 0.812. The summed E-state index contributed by atoms with van der Waals surface area (Å²) in [6.45, 7) is 0.923. The highest BCUT2D eigenvalue weighted by Crippen LogP contribution is 2.16. The number of hydrogen-bond donors (Lipinski definition) is 2. The molecule has 8 heteroatoms. The monoisotopic (exact) mass is 323 g/mol. The number of benzene rings is 1. The molecule has 0 bridgehead atoms. The zero-order valence-electron chi connectivity index (χ0n) is 11.9. The molecule has 1 aromatic rings. The van der Waals surface area contributed by atoms with Gasteiger partial charge >= 0.3 is 0 Å². The van der Waals surface area contributed by atoms with Gasteiger partial charge in [0, 0.05) is 18.8 Å². The Morgan fingerprint density at radius 2 is 2.09 bits per heavy atom. The SMILES string of the molecule is N#CCC(=O)Nc1ccc(S(=O)(=O)NCC2CCCO2)cc1. The van der Waals surface area contributed by atoms with Gasteiger partial charge in [0.05, 0.1) is 17.1 Å². The van der Waals surface area contributed by atoms with Crippen LogP contribution in [-0.2, 0) is 19.6 Å². The van der Waals surface area contributed by atoms with Gasteiger partial charge < -0.3 is 10.1 Å². The predicted molar refractivity (Wildman–Crippen MR) is 79.5 cm³/mol. The van der Waals surface area contributed by atoms with Gasteiger partial charge in [-0.05, 0) is 37.1 Å². The third-order valence-electron chi connectivity index (χ3n) is 3.21. The molecule has 1 saturated heterocycles. The Balaban J connectivity index is 1.96. The number of carbonyl (C=O) groups is 1. The van der Waals surface area contributed by atoms with E-state index in [2.05, 4.69) is 10.0 Å². The van der Waals surface area contributed by atoms with E-state index in [4.69, 9.17) is 10.00 Å². The summed E-state index contributed by atoms with van der Waals surface area (Å²) in [7, 11) is -3.60. The first-order valence-corrected chi connectivity index (χ1v) is 8.38. The van der Waals surface area contributed by atoms with Crippen molar-refractivity contribution >= 4 is 21.6 Å². The summed E-state index contributed by atoms with van der Waals surface area (Å²) in [5.74, 6) is -0.436. The molecule has 1 unspecified atom stereocenters. The van der Waals surface area contributed by atoms with Gasteiger partial charge in [0.2, 0.25) is 15.9 Å². The second kappa shape index (κ2) is 7.35. The van der Waals surface area contributed by atoms with E-state index in [1.54, 1.807) is 6.07 Å². The molecule has 1 heterocycles. The average molecular weight is 323 g/mol. The lowest BCUT2D eigenvalue weighted by atomic mass is 10.2. The minimum Gasteiger partial charge on any atom is -0.377 e. The topological polar surface area (TPSA) is 108 Å². The van der Waals surface area contributed by atoms with E-state index in [-0.39, 0.29) is 24.0 Å². The van der Waals surface area contributed by atoms with Gasteiger partial charge in [0.25, 0.3) is 0 Å². The second-order valence-corrected chi connectivity index (χ2v) is 6.66. The smallest absolute Gasteiger partial charge is 0.240 e. The summed E-state index contributed by atoms with van der Waals surface area (Å²) in [4.78, 5) is 11.4. The highest BCUT2D eigenvalue weighted by molar-refractivity contribution is 7.89. The maximum Gasteiger partial charge on any atom is 0.240 e. The first-order valence-electron chi connectivity index (χ1n) is 6.89. The molecule has 7 nitrogen and oxygen atoms in total. The van der Waals surface area contributed by atoms with Gasteiger partial charge in [0.1, 0.15) is 6.42 Å². The fourth-order valence-corrected chi connectivity index (χ4v) is 3.15. The fraction of sp³-hybridized carbons (Fsp3) is 0.429. The Morgan fingerprint density at radius 1 is 1.36 bits per heavy atom. The highest BCUT2D eigenvalue weighted by Gasteiger charge is 2.20. The molecule has 22 heavy (non-hydrogen) atoms. The van der Waals surface area contributed by atoms with Gasteiger partial charge in [-0.25, -0.2) is 13.1 Å².